The molecule has 2 aromatic rings. The molecule has 160 valence electrons. The lowest BCUT2D eigenvalue weighted by molar-refractivity contribution is 0.161. The number of nitrogens with one attached hydrogen (secondary N) is 2. The molecule has 0 aromatic heterocycles. The van der Waals surface area contributed by atoms with Crippen LogP contribution in [0.2, 0.25) is 0 Å². The maximum atomic E-state index is 12.7. The molecule has 1 unspecified atom stereocenters. The van der Waals surface area contributed by atoms with Crippen molar-refractivity contribution in [3.8, 4) is 11.5 Å². The van der Waals surface area contributed by atoms with Crippen molar-refractivity contribution in [2.45, 2.75) is 46.3 Å². The fraction of sp³-hybridized carbons (Fsp3) is 0.458. The molecule has 0 fully saturated rings. The van der Waals surface area contributed by atoms with Crippen LogP contribution >= 0.6 is 0 Å². The van der Waals surface area contributed by atoms with E-state index in [1.165, 1.54) is 11.1 Å². The van der Waals surface area contributed by atoms with Crippen LogP contribution in [-0.2, 0) is 19.5 Å². The van der Waals surface area contributed by atoms with E-state index in [1.807, 2.05) is 18.2 Å². The summed E-state index contributed by atoms with van der Waals surface area (Å²) in [5.41, 5.74) is 3.76. The smallest absolute Gasteiger partial charge is 0.315 e. The van der Waals surface area contributed by atoms with Crippen molar-refractivity contribution in [3.63, 3.8) is 0 Å². The number of carbonyl (C=O) groups excluding carboxylic acids is 1. The first-order valence-corrected chi connectivity index (χ1v) is 10.6. The topological polar surface area (TPSA) is 62.8 Å². The molecular formula is C24H31N3O3. The molecule has 0 saturated carbocycles. The van der Waals surface area contributed by atoms with Gasteiger partial charge in [0.1, 0.15) is 0 Å². The summed E-state index contributed by atoms with van der Waals surface area (Å²) < 4.78 is 10.7. The molecule has 2 heterocycles. The van der Waals surface area contributed by atoms with Gasteiger partial charge in [-0.3, -0.25) is 4.90 Å². The second kappa shape index (κ2) is 8.56. The second-order valence-corrected chi connectivity index (χ2v) is 9.19. The van der Waals surface area contributed by atoms with Gasteiger partial charge in [-0.15, -0.1) is 0 Å². The van der Waals surface area contributed by atoms with E-state index in [1.54, 1.807) is 0 Å². The van der Waals surface area contributed by atoms with Gasteiger partial charge >= 0.3 is 6.03 Å². The third-order valence-electron chi connectivity index (χ3n) is 5.89. The summed E-state index contributed by atoms with van der Waals surface area (Å²) in [5, 5.41) is 6.18. The molecule has 30 heavy (non-hydrogen) atoms. The molecule has 0 aliphatic carbocycles. The predicted molar refractivity (Wildman–Crippen MR) is 117 cm³/mol. The maximum Gasteiger partial charge on any atom is 0.315 e. The van der Waals surface area contributed by atoms with Crippen LogP contribution in [0, 0.1) is 5.41 Å². The van der Waals surface area contributed by atoms with Gasteiger partial charge in [0, 0.05) is 32.2 Å². The summed E-state index contributed by atoms with van der Waals surface area (Å²) in [4.78, 5) is 15.1. The number of hydrogen-bond donors (Lipinski definition) is 2. The summed E-state index contributed by atoms with van der Waals surface area (Å²) >= 11 is 0. The van der Waals surface area contributed by atoms with E-state index in [2.05, 4.69) is 60.6 Å². The molecule has 0 spiro atoms. The molecule has 1 atom stereocenters. The standard InChI is InChI=1S/C24H31N3O3/c1-24(2,3)22(15-27-11-10-18-6-4-5-7-19(18)14-27)26-23(28)25-13-17-8-9-20-21(12-17)30-16-29-20/h4-9,12,22H,10-11,13-16H2,1-3H3,(H2,25,26,28). The SMILES string of the molecule is CC(C)(C)C(CN1CCc2ccccc2C1)NC(=O)NCc1ccc2c(c1)OCO2. The molecule has 2 aromatic carbocycles. The van der Waals surface area contributed by atoms with E-state index >= 15 is 0 Å². The van der Waals surface area contributed by atoms with Crippen molar-refractivity contribution in [2.24, 2.45) is 5.41 Å². The van der Waals surface area contributed by atoms with Crippen molar-refractivity contribution in [1.82, 2.24) is 15.5 Å². The van der Waals surface area contributed by atoms with Crippen molar-refractivity contribution >= 4 is 6.03 Å². The second-order valence-electron chi connectivity index (χ2n) is 9.19. The number of urea groups is 1. The number of amides is 2. The highest BCUT2D eigenvalue weighted by atomic mass is 16.7. The molecule has 2 aliphatic rings. The molecule has 2 amide bonds. The van der Waals surface area contributed by atoms with Crippen molar-refractivity contribution in [2.75, 3.05) is 19.9 Å². The van der Waals surface area contributed by atoms with Crippen LogP contribution in [0.1, 0.15) is 37.5 Å². The van der Waals surface area contributed by atoms with E-state index in [0.29, 0.717) is 6.54 Å². The first kappa shape index (κ1) is 20.5. The van der Waals surface area contributed by atoms with Gasteiger partial charge in [0.05, 0.1) is 0 Å². The number of ether oxygens (including phenoxy) is 2. The lowest BCUT2D eigenvalue weighted by Crippen LogP contribution is -2.53. The lowest BCUT2D eigenvalue weighted by Gasteiger charge is -2.37. The first-order valence-electron chi connectivity index (χ1n) is 10.6. The van der Waals surface area contributed by atoms with Gasteiger partial charge < -0.3 is 20.1 Å². The Morgan fingerprint density at radius 2 is 1.87 bits per heavy atom. The third kappa shape index (κ3) is 4.87. The fourth-order valence-corrected chi connectivity index (χ4v) is 3.95. The highest BCUT2D eigenvalue weighted by Crippen LogP contribution is 2.32. The van der Waals surface area contributed by atoms with E-state index in [0.717, 1.165) is 43.1 Å². The minimum absolute atomic E-state index is 0.0412. The van der Waals surface area contributed by atoms with E-state index in [9.17, 15) is 4.79 Å². The number of carbonyl (C=O) groups is 1. The minimum Gasteiger partial charge on any atom is -0.454 e. The van der Waals surface area contributed by atoms with Crippen LogP contribution < -0.4 is 20.1 Å². The number of fused-ring (bicyclic) bond motifs is 2. The zero-order chi connectivity index (χ0) is 21.1. The Morgan fingerprint density at radius 3 is 2.67 bits per heavy atom. The van der Waals surface area contributed by atoms with E-state index in [4.69, 9.17) is 9.47 Å². The van der Waals surface area contributed by atoms with E-state index in [-0.39, 0.29) is 24.3 Å². The molecular weight excluding hydrogens is 378 g/mol. The van der Waals surface area contributed by atoms with Gasteiger partial charge in [-0.2, -0.15) is 0 Å². The molecule has 2 aliphatic heterocycles. The van der Waals surface area contributed by atoms with Crippen LogP contribution in [-0.4, -0.2) is 36.9 Å². The van der Waals surface area contributed by atoms with Crippen LogP contribution in [0.15, 0.2) is 42.5 Å². The van der Waals surface area contributed by atoms with Gasteiger partial charge in [-0.1, -0.05) is 51.1 Å². The minimum atomic E-state index is -0.148. The quantitative estimate of drug-likeness (QED) is 0.791. The highest BCUT2D eigenvalue weighted by molar-refractivity contribution is 5.74. The van der Waals surface area contributed by atoms with Crippen molar-refractivity contribution in [3.05, 3.63) is 59.2 Å². The zero-order valence-electron chi connectivity index (χ0n) is 18.0. The van der Waals surface area contributed by atoms with Crippen LogP contribution in [0.25, 0.3) is 0 Å². The summed E-state index contributed by atoms with van der Waals surface area (Å²) in [6.45, 7) is 10.00. The van der Waals surface area contributed by atoms with Gasteiger partial charge in [-0.05, 0) is 40.7 Å². The van der Waals surface area contributed by atoms with Crippen LogP contribution in [0.3, 0.4) is 0 Å². The molecule has 0 radical (unpaired) electrons. The molecule has 0 bridgehead atoms. The Hall–Kier alpha value is -2.73. The average Bonchev–Trinajstić information content (AvgIpc) is 3.19. The molecule has 6 nitrogen and oxygen atoms in total. The largest absolute Gasteiger partial charge is 0.454 e. The monoisotopic (exact) mass is 409 g/mol. The highest BCUT2D eigenvalue weighted by Gasteiger charge is 2.29. The zero-order valence-corrected chi connectivity index (χ0v) is 18.0. The van der Waals surface area contributed by atoms with E-state index < -0.39 is 0 Å². The number of benzene rings is 2. The van der Waals surface area contributed by atoms with Crippen LogP contribution in [0.5, 0.6) is 11.5 Å². The lowest BCUT2D eigenvalue weighted by atomic mass is 9.86. The Labute approximate surface area is 178 Å². The molecule has 6 heteroatoms. The van der Waals surface area contributed by atoms with Gasteiger partial charge in [0.15, 0.2) is 11.5 Å². The summed E-state index contributed by atoms with van der Waals surface area (Å²) in [5.74, 6) is 1.48. The first-order chi connectivity index (χ1) is 14.4. The summed E-state index contributed by atoms with van der Waals surface area (Å²) in [6.07, 6.45) is 1.06. The Morgan fingerprint density at radius 1 is 1.10 bits per heavy atom. The van der Waals surface area contributed by atoms with Gasteiger partial charge in [0.2, 0.25) is 6.79 Å². The van der Waals surface area contributed by atoms with Gasteiger partial charge in [0.25, 0.3) is 0 Å². The molecule has 2 N–H and O–H groups in total. The maximum absolute atomic E-state index is 12.7. The molecule has 4 rings (SSSR count). The van der Waals surface area contributed by atoms with Crippen LogP contribution in [0.4, 0.5) is 4.79 Å². The Kier molecular flexibility index (Phi) is 5.86. The summed E-state index contributed by atoms with van der Waals surface area (Å²) in [7, 11) is 0. The number of rotatable bonds is 5. The normalized spacial score (nSPS) is 16.6. The average molecular weight is 410 g/mol. The van der Waals surface area contributed by atoms with Crippen molar-refractivity contribution < 1.29 is 14.3 Å². The summed E-state index contributed by atoms with van der Waals surface area (Å²) in [6, 6.07) is 14.3. The van der Waals surface area contributed by atoms with Gasteiger partial charge in [-0.25, -0.2) is 4.79 Å². The van der Waals surface area contributed by atoms with Crippen molar-refractivity contribution in [1.29, 1.82) is 0 Å². The number of hydrogen-bond acceptors (Lipinski definition) is 4. The Balaban J connectivity index is 1.33. The predicted octanol–water partition coefficient (Wildman–Crippen LogP) is 3.69. The number of nitrogens with zero attached hydrogens (tertiary/aromatic N) is 1. The fourth-order valence-electron chi connectivity index (χ4n) is 3.95. The molecule has 0 saturated heterocycles. The third-order valence-corrected chi connectivity index (χ3v) is 5.89. The Bertz CT molecular complexity index is 907.